The first-order valence-electron chi connectivity index (χ1n) is 7.91. The van der Waals surface area contributed by atoms with Gasteiger partial charge in [0.1, 0.15) is 5.75 Å². The summed E-state index contributed by atoms with van der Waals surface area (Å²) in [7, 11) is 1.35. The molecule has 3 aromatic rings. The lowest BCUT2D eigenvalue weighted by atomic mass is 10.1. The van der Waals surface area contributed by atoms with Gasteiger partial charge in [0.25, 0.3) is 5.69 Å². The van der Waals surface area contributed by atoms with E-state index in [1.54, 1.807) is 12.1 Å². The number of benzene rings is 3. The molecule has 3 aromatic carbocycles. The average Bonchev–Trinajstić information content (AvgIpc) is 2.67. The number of non-ortho nitro benzene ring substituents is 1. The molecule has 0 radical (unpaired) electrons. The average molecular weight is 365 g/mol. The summed E-state index contributed by atoms with van der Waals surface area (Å²) in [6.07, 6.45) is 0. The van der Waals surface area contributed by atoms with Crippen LogP contribution in [0.15, 0.2) is 60.7 Å². The van der Waals surface area contributed by atoms with E-state index in [1.165, 1.54) is 19.2 Å². The second kappa shape index (κ2) is 7.52. The Balaban J connectivity index is 1.76. The van der Waals surface area contributed by atoms with Crippen molar-refractivity contribution in [2.24, 2.45) is 0 Å². The lowest BCUT2D eigenvalue weighted by Crippen LogP contribution is -2.29. The summed E-state index contributed by atoms with van der Waals surface area (Å²) in [5.41, 5.74) is 0.256. The topological polar surface area (TPSA) is 111 Å². The Morgan fingerprint density at radius 3 is 2.33 bits per heavy atom. The molecule has 3 rings (SSSR count). The van der Waals surface area contributed by atoms with Crippen LogP contribution in [0, 0.1) is 10.1 Å². The SMILES string of the molecule is COc1ccc([N+](=O)[O-])cc1NC(=O)C(=O)Nc1ccc2ccccc2c1. The molecular formula is C19H15N3O5. The summed E-state index contributed by atoms with van der Waals surface area (Å²) >= 11 is 0. The van der Waals surface area contributed by atoms with Gasteiger partial charge in [-0.3, -0.25) is 19.7 Å². The smallest absolute Gasteiger partial charge is 0.314 e. The van der Waals surface area contributed by atoms with Crippen LogP contribution in [0.25, 0.3) is 10.8 Å². The van der Waals surface area contributed by atoms with Gasteiger partial charge in [0.05, 0.1) is 17.7 Å². The molecule has 136 valence electrons. The zero-order valence-electron chi connectivity index (χ0n) is 14.3. The predicted octanol–water partition coefficient (Wildman–Crippen LogP) is 3.33. The molecule has 0 aliphatic rings. The molecule has 0 aliphatic heterocycles. The zero-order chi connectivity index (χ0) is 19.4. The monoisotopic (exact) mass is 365 g/mol. The van der Waals surface area contributed by atoms with Gasteiger partial charge in [0.15, 0.2) is 0 Å². The molecule has 0 aliphatic carbocycles. The Kier molecular flexibility index (Phi) is 4.98. The lowest BCUT2D eigenvalue weighted by Gasteiger charge is -2.10. The van der Waals surface area contributed by atoms with E-state index < -0.39 is 16.7 Å². The second-order valence-corrected chi connectivity index (χ2v) is 5.61. The number of nitrogens with zero attached hydrogens (tertiary/aromatic N) is 1. The number of nitrogens with one attached hydrogen (secondary N) is 2. The molecular weight excluding hydrogens is 350 g/mol. The number of ether oxygens (including phenoxy) is 1. The third kappa shape index (κ3) is 4.01. The normalized spacial score (nSPS) is 10.3. The van der Waals surface area contributed by atoms with E-state index in [1.807, 2.05) is 30.3 Å². The fraction of sp³-hybridized carbons (Fsp3) is 0.0526. The van der Waals surface area contributed by atoms with Crippen LogP contribution in [-0.4, -0.2) is 23.8 Å². The number of nitro groups is 1. The highest BCUT2D eigenvalue weighted by molar-refractivity contribution is 6.43. The maximum Gasteiger partial charge on any atom is 0.314 e. The van der Waals surface area contributed by atoms with Gasteiger partial charge >= 0.3 is 11.8 Å². The quantitative estimate of drug-likeness (QED) is 0.418. The highest BCUT2D eigenvalue weighted by Crippen LogP contribution is 2.29. The van der Waals surface area contributed by atoms with Crippen molar-refractivity contribution in [1.82, 2.24) is 0 Å². The summed E-state index contributed by atoms with van der Waals surface area (Å²) in [5, 5.41) is 17.6. The standard InChI is InChI=1S/C19H15N3O5/c1-27-17-9-8-15(22(25)26)11-16(17)21-19(24)18(23)20-14-7-6-12-4-2-3-5-13(12)10-14/h2-11H,1H3,(H,20,23)(H,21,24). The van der Waals surface area contributed by atoms with Gasteiger partial charge in [0, 0.05) is 17.8 Å². The van der Waals surface area contributed by atoms with Crippen molar-refractivity contribution in [3.8, 4) is 5.75 Å². The summed E-state index contributed by atoms with van der Waals surface area (Å²) < 4.78 is 5.06. The molecule has 0 spiro atoms. The second-order valence-electron chi connectivity index (χ2n) is 5.61. The first-order chi connectivity index (χ1) is 13.0. The van der Waals surface area contributed by atoms with E-state index in [0.29, 0.717) is 5.69 Å². The Morgan fingerprint density at radius 2 is 1.63 bits per heavy atom. The van der Waals surface area contributed by atoms with E-state index >= 15 is 0 Å². The van der Waals surface area contributed by atoms with Crippen molar-refractivity contribution in [3.05, 3.63) is 70.8 Å². The van der Waals surface area contributed by atoms with Crippen LogP contribution in [0.2, 0.25) is 0 Å². The van der Waals surface area contributed by atoms with E-state index in [-0.39, 0.29) is 17.1 Å². The lowest BCUT2D eigenvalue weighted by molar-refractivity contribution is -0.384. The molecule has 8 nitrogen and oxygen atoms in total. The zero-order valence-corrected chi connectivity index (χ0v) is 14.3. The molecule has 2 N–H and O–H groups in total. The third-order valence-electron chi connectivity index (χ3n) is 3.86. The molecule has 2 amide bonds. The molecule has 0 bridgehead atoms. The van der Waals surface area contributed by atoms with Crippen LogP contribution in [-0.2, 0) is 9.59 Å². The summed E-state index contributed by atoms with van der Waals surface area (Å²) in [5.74, 6) is -1.67. The highest BCUT2D eigenvalue weighted by atomic mass is 16.6. The van der Waals surface area contributed by atoms with Gasteiger partial charge < -0.3 is 15.4 Å². The van der Waals surface area contributed by atoms with Crippen molar-refractivity contribution in [2.45, 2.75) is 0 Å². The number of hydrogen-bond acceptors (Lipinski definition) is 5. The maximum atomic E-state index is 12.2. The number of nitro benzene ring substituents is 1. The largest absolute Gasteiger partial charge is 0.495 e. The van der Waals surface area contributed by atoms with Crippen LogP contribution in [0.5, 0.6) is 5.75 Å². The molecule has 0 heterocycles. The Bertz CT molecular complexity index is 1050. The number of rotatable bonds is 4. The molecule has 0 aromatic heterocycles. The van der Waals surface area contributed by atoms with E-state index in [0.717, 1.165) is 16.8 Å². The first-order valence-corrected chi connectivity index (χ1v) is 7.91. The fourth-order valence-corrected chi connectivity index (χ4v) is 2.54. The van der Waals surface area contributed by atoms with Gasteiger partial charge in [-0.25, -0.2) is 0 Å². The van der Waals surface area contributed by atoms with Crippen molar-refractivity contribution >= 4 is 39.6 Å². The van der Waals surface area contributed by atoms with Gasteiger partial charge in [-0.05, 0) is 29.0 Å². The number of fused-ring (bicyclic) bond motifs is 1. The molecule has 0 unspecified atom stereocenters. The Hall–Kier alpha value is -3.94. The van der Waals surface area contributed by atoms with Crippen molar-refractivity contribution in [3.63, 3.8) is 0 Å². The Labute approximate surface area is 153 Å². The first kappa shape index (κ1) is 17.9. The predicted molar refractivity (Wildman–Crippen MR) is 101 cm³/mol. The number of amides is 2. The van der Waals surface area contributed by atoms with Gasteiger partial charge in [-0.15, -0.1) is 0 Å². The van der Waals surface area contributed by atoms with E-state index in [2.05, 4.69) is 10.6 Å². The summed E-state index contributed by atoms with van der Waals surface area (Å²) in [6, 6.07) is 16.6. The van der Waals surface area contributed by atoms with Crippen molar-refractivity contribution in [1.29, 1.82) is 0 Å². The fourth-order valence-electron chi connectivity index (χ4n) is 2.54. The summed E-state index contributed by atoms with van der Waals surface area (Å²) in [6.45, 7) is 0. The van der Waals surface area contributed by atoms with Crippen LogP contribution in [0.1, 0.15) is 0 Å². The minimum Gasteiger partial charge on any atom is -0.495 e. The van der Waals surface area contributed by atoms with Crippen LogP contribution >= 0.6 is 0 Å². The highest BCUT2D eigenvalue weighted by Gasteiger charge is 2.18. The van der Waals surface area contributed by atoms with Crippen molar-refractivity contribution in [2.75, 3.05) is 17.7 Å². The number of hydrogen-bond donors (Lipinski definition) is 2. The minimum absolute atomic E-state index is 0.0327. The minimum atomic E-state index is -0.970. The van der Waals surface area contributed by atoms with Crippen molar-refractivity contribution < 1.29 is 19.2 Å². The molecule has 8 heteroatoms. The van der Waals surface area contributed by atoms with Crippen LogP contribution in [0.4, 0.5) is 17.1 Å². The van der Waals surface area contributed by atoms with E-state index in [9.17, 15) is 19.7 Å². The Morgan fingerprint density at radius 1 is 0.926 bits per heavy atom. The number of anilines is 2. The summed E-state index contributed by atoms with van der Waals surface area (Å²) in [4.78, 5) is 34.6. The molecule has 0 saturated heterocycles. The van der Waals surface area contributed by atoms with Gasteiger partial charge in [0.2, 0.25) is 0 Å². The number of carbonyl (C=O) groups is 2. The van der Waals surface area contributed by atoms with Crippen LogP contribution < -0.4 is 15.4 Å². The number of methoxy groups -OCH3 is 1. The van der Waals surface area contributed by atoms with Crippen LogP contribution in [0.3, 0.4) is 0 Å². The molecule has 0 saturated carbocycles. The molecule has 0 atom stereocenters. The maximum absolute atomic E-state index is 12.2. The number of carbonyl (C=O) groups excluding carboxylic acids is 2. The van der Waals surface area contributed by atoms with Gasteiger partial charge in [-0.2, -0.15) is 0 Å². The molecule has 0 fully saturated rings. The van der Waals surface area contributed by atoms with Gasteiger partial charge in [-0.1, -0.05) is 30.3 Å². The molecule has 27 heavy (non-hydrogen) atoms. The van der Waals surface area contributed by atoms with E-state index in [4.69, 9.17) is 4.74 Å². The third-order valence-corrected chi connectivity index (χ3v) is 3.86.